The van der Waals surface area contributed by atoms with Crippen LogP contribution in [0.5, 0.6) is 17.2 Å². The quantitative estimate of drug-likeness (QED) is 0.122. The van der Waals surface area contributed by atoms with E-state index in [1.54, 1.807) is 0 Å². The molecule has 31 heavy (non-hydrogen) atoms. The van der Waals surface area contributed by atoms with Crippen molar-refractivity contribution in [1.29, 1.82) is 0 Å². The van der Waals surface area contributed by atoms with Crippen molar-refractivity contribution in [3.8, 4) is 17.2 Å². The lowest BCUT2D eigenvalue weighted by Crippen LogP contribution is -2.23. The molecule has 0 aliphatic heterocycles. The lowest BCUT2D eigenvalue weighted by molar-refractivity contribution is -0.140. The average Bonchev–Trinajstić information content (AvgIpc) is 2.66. The third kappa shape index (κ3) is 10.8. The Bertz CT molecular complexity index is 673. The molecule has 0 spiro atoms. The van der Waals surface area contributed by atoms with Crippen molar-refractivity contribution in [3.05, 3.63) is 17.2 Å². The summed E-state index contributed by atoms with van der Waals surface area (Å²) in [7, 11) is 0. The van der Waals surface area contributed by atoms with E-state index in [2.05, 4.69) is 20.8 Å². The number of benzene rings is 1. The minimum atomic E-state index is -0.439. The molecule has 0 bridgehead atoms. The molecular formula is C26H44O5. The van der Waals surface area contributed by atoms with E-state index >= 15 is 0 Å². The minimum absolute atomic E-state index is 0.130. The summed E-state index contributed by atoms with van der Waals surface area (Å²) >= 11 is 0. The topological polar surface area (TPSA) is 87.0 Å². The molecule has 0 radical (unpaired) electrons. The molecule has 3 N–H and O–H groups in total. The van der Waals surface area contributed by atoms with Crippen LogP contribution in [-0.2, 0) is 22.4 Å². The molecule has 0 aromatic heterocycles. The maximum absolute atomic E-state index is 10.7. The van der Waals surface area contributed by atoms with Gasteiger partial charge in [-0.05, 0) is 75.8 Å². The predicted octanol–water partition coefficient (Wildman–Crippen LogP) is 6.79. The first-order valence-corrected chi connectivity index (χ1v) is 11.8. The van der Waals surface area contributed by atoms with Crippen LogP contribution in [0.25, 0.3) is 0 Å². The Morgan fingerprint density at radius 1 is 0.774 bits per heavy atom. The van der Waals surface area contributed by atoms with E-state index in [-0.39, 0.29) is 17.2 Å². The number of carbonyl (C=O) groups excluding carboxylic acids is 1. The molecule has 1 rings (SSSR count). The normalized spacial score (nSPS) is 12.2. The van der Waals surface area contributed by atoms with Crippen LogP contribution in [0.1, 0.15) is 110 Å². The second-order valence-corrected chi connectivity index (χ2v) is 10.6. The van der Waals surface area contributed by atoms with Crippen LogP contribution in [0, 0.1) is 5.41 Å². The molecule has 0 saturated carbocycles. The number of ether oxygens (including phenoxy) is 1. The Hall–Kier alpha value is -1.91. The highest BCUT2D eigenvalue weighted by Crippen LogP contribution is 2.40. The van der Waals surface area contributed by atoms with Gasteiger partial charge < -0.3 is 20.1 Å². The fourth-order valence-corrected chi connectivity index (χ4v) is 3.91. The Morgan fingerprint density at radius 3 is 1.90 bits per heavy atom. The molecule has 0 amide bonds. The van der Waals surface area contributed by atoms with Crippen LogP contribution in [0.4, 0.5) is 0 Å². The van der Waals surface area contributed by atoms with Crippen molar-refractivity contribution in [1.82, 2.24) is 0 Å². The number of rotatable bonds is 15. The molecule has 0 saturated heterocycles. The second kappa shape index (κ2) is 12.8. The summed E-state index contributed by atoms with van der Waals surface area (Å²) in [5, 5.41) is 31.0. The van der Waals surface area contributed by atoms with E-state index in [0.29, 0.717) is 35.9 Å². The fraction of sp³-hybridized carbons (Fsp3) is 0.731. The molecule has 0 fully saturated rings. The van der Waals surface area contributed by atoms with Crippen LogP contribution in [0.3, 0.4) is 0 Å². The zero-order chi connectivity index (χ0) is 23.5. The Kier molecular flexibility index (Phi) is 11.2. The SMILES string of the molecule is CC(C)(C)CCCCCCc1cc(O)c(O)c(CCCCCCC(C)(C)OC=O)c1O. The highest BCUT2D eigenvalue weighted by atomic mass is 16.5. The number of hydrogen-bond donors (Lipinski definition) is 3. The lowest BCUT2D eigenvalue weighted by atomic mass is 9.89. The molecule has 5 nitrogen and oxygen atoms in total. The van der Waals surface area contributed by atoms with E-state index in [1.807, 2.05) is 13.8 Å². The van der Waals surface area contributed by atoms with Crippen molar-refractivity contribution < 1.29 is 24.9 Å². The van der Waals surface area contributed by atoms with Crippen LogP contribution in [-0.4, -0.2) is 27.4 Å². The van der Waals surface area contributed by atoms with Gasteiger partial charge in [0.15, 0.2) is 11.5 Å². The van der Waals surface area contributed by atoms with Crippen LogP contribution in [0.2, 0.25) is 0 Å². The zero-order valence-electron chi connectivity index (χ0n) is 20.3. The summed E-state index contributed by atoms with van der Waals surface area (Å²) in [5.74, 6) is -0.222. The van der Waals surface area contributed by atoms with E-state index < -0.39 is 5.60 Å². The smallest absolute Gasteiger partial charge is 0.293 e. The van der Waals surface area contributed by atoms with Gasteiger partial charge in [-0.25, -0.2) is 0 Å². The molecule has 178 valence electrons. The number of phenolic OH excluding ortho intramolecular Hbond substituents is 3. The first-order chi connectivity index (χ1) is 14.5. The second-order valence-electron chi connectivity index (χ2n) is 10.6. The summed E-state index contributed by atoms with van der Waals surface area (Å²) in [6.07, 6.45) is 11.3. The van der Waals surface area contributed by atoms with E-state index in [4.69, 9.17) is 4.74 Å². The van der Waals surface area contributed by atoms with E-state index in [9.17, 15) is 20.1 Å². The van der Waals surface area contributed by atoms with Crippen molar-refractivity contribution in [2.75, 3.05) is 0 Å². The van der Waals surface area contributed by atoms with Crippen molar-refractivity contribution in [2.24, 2.45) is 5.41 Å². The van der Waals surface area contributed by atoms with Crippen molar-refractivity contribution in [2.45, 2.75) is 117 Å². The summed E-state index contributed by atoms with van der Waals surface area (Å²) < 4.78 is 5.06. The Morgan fingerprint density at radius 2 is 1.32 bits per heavy atom. The highest BCUT2D eigenvalue weighted by Gasteiger charge is 2.19. The largest absolute Gasteiger partial charge is 0.507 e. The first-order valence-electron chi connectivity index (χ1n) is 11.8. The summed E-state index contributed by atoms with van der Waals surface area (Å²) in [5.41, 5.74) is 1.10. The van der Waals surface area contributed by atoms with E-state index in [0.717, 1.165) is 44.9 Å². The predicted molar refractivity (Wildman–Crippen MR) is 126 cm³/mol. The van der Waals surface area contributed by atoms with Gasteiger partial charge in [-0.2, -0.15) is 0 Å². The van der Waals surface area contributed by atoms with Gasteiger partial charge in [0, 0.05) is 5.56 Å². The maximum Gasteiger partial charge on any atom is 0.293 e. The van der Waals surface area contributed by atoms with Gasteiger partial charge in [-0.15, -0.1) is 0 Å². The van der Waals surface area contributed by atoms with Gasteiger partial charge in [0.2, 0.25) is 0 Å². The van der Waals surface area contributed by atoms with Gasteiger partial charge >= 0.3 is 0 Å². The Labute approximate surface area is 188 Å². The number of aryl methyl sites for hydroxylation is 1. The lowest BCUT2D eigenvalue weighted by Gasteiger charge is -2.22. The fourth-order valence-electron chi connectivity index (χ4n) is 3.91. The number of carbonyl (C=O) groups is 1. The zero-order valence-corrected chi connectivity index (χ0v) is 20.3. The monoisotopic (exact) mass is 436 g/mol. The number of hydrogen-bond acceptors (Lipinski definition) is 5. The van der Waals surface area contributed by atoms with E-state index in [1.165, 1.54) is 25.3 Å². The molecular weight excluding hydrogens is 392 g/mol. The van der Waals surface area contributed by atoms with Gasteiger partial charge in [0.1, 0.15) is 11.4 Å². The number of aromatic hydroxyl groups is 3. The maximum atomic E-state index is 10.7. The van der Waals surface area contributed by atoms with Crippen molar-refractivity contribution in [3.63, 3.8) is 0 Å². The summed E-state index contributed by atoms with van der Waals surface area (Å²) in [6.45, 7) is 11.1. The molecule has 1 aromatic rings. The summed E-state index contributed by atoms with van der Waals surface area (Å²) in [4.78, 5) is 10.5. The molecule has 0 atom stereocenters. The Balaban J connectivity index is 2.47. The van der Waals surface area contributed by atoms with Crippen LogP contribution >= 0.6 is 0 Å². The number of unbranched alkanes of at least 4 members (excludes halogenated alkanes) is 6. The van der Waals surface area contributed by atoms with Crippen LogP contribution in [0.15, 0.2) is 6.07 Å². The molecule has 0 unspecified atom stereocenters. The van der Waals surface area contributed by atoms with Gasteiger partial charge in [-0.3, -0.25) is 4.79 Å². The van der Waals surface area contributed by atoms with Gasteiger partial charge in [0.25, 0.3) is 6.47 Å². The third-order valence-corrected chi connectivity index (χ3v) is 5.88. The first kappa shape index (κ1) is 27.1. The molecule has 0 heterocycles. The minimum Gasteiger partial charge on any atom is -0.507 e. The van der Waals surface area contributed by atoms with Gasteiger partial charge in [0.05, 0.1) is 0 Å². The summed E-state index contributed by atoms with van der Waals surface area (Å²) in [6, 6.07) is 1.50. The standard InChI is InChI=1S/C26H44O5/c1-25(2,3)16-12-8-6-10-14-20-18-22(28)24(30)21(23(20)29)15-11-7-9-13-17-26(4,5)31-19-27/h18-19,28-30H,6-17H2,1-5H3. The average molecular weight is 437 g/mol. The van der Waals surface area contributed by atoms with Crippen LogP contribution < -0.4 is 0 Å². The molecule has 0 aliphatic carbocycles. The highest BCUT2D eigenvalue weighted by molar-refractivity contribution is 5.56. The molecule has 1 aromatic carbocycles. The van der Waals surface area contributed by atoms with Gasteiger partial charge in [-0.1, -0.05) is 52.9 Å². The van der Waals surface area contributed by atoms with Crippen molar-refractivity contribution >= 4 is 6.47 Å². The number of phenols is 3. The molecule has 5 heteroatoms. The third-order valence-electron chi connectivity index (χ3n) is 5.88. The molecule has 0 aliphatic rings.